The largest absolute Gasteiger partial charge is 0.463 e. The molecule has 0 heterocycles. The quantitative estimate of drug-likeness (QED) is 0.454. The van der Waals surface area contributed by atoms with E-state index in [0.717, 1.165) is 0 Å². The fourth-order valence-electron chi connectivity index (χ4n) is 1.02. The number of hydrogen-bond acceptors (Lipinski definition) is 5. The van der Waals surface area contributed by atoms with Gasteiger partial charge in [-0.15, -0.1) is 0 Å². The van der Waals surface area contributed by atoms with E-state index in [4.69, 9.17) is 14.2 Å². The number of ether oxygens (including phenoxy) is 3. The zero-order chi connectivity index (χ0) is 13.8. The molecule has 0 aromatic heterocycles. The number of hydrogen-bond donors (Lipinski definition) is 1. The van der Waals surface area contributed by atoms with Gasteiger partial charge in [0.15, 0.2) is 0 Å². The molecular formula is C12H23NO5. The average Bonchev–Trinajstić information content (AvgIpc) is 2.33. The van der Waals surface area contributed by atoms with Crippen LogP contribution in [0.1, 0.15) is 20.3 Å². The second-order valence-electron chi connectivity index (χ2n) is 4.03. The van der Waals surface area contributed by atoms with E-state index < -0.39 is 0 Å². The van der Waals surface area contributed by atoms with Gasteiger partial charge in [-0.25, -0.2) is 0 Å². The molecule has 0 saturated carbocycles. The van der Waals surface area contributed by atoms with Crippen molar-refractivity contribution in [2.45, 2.75) is 20.3 Å². The van der Waals surface area contributed by atoms with E-state index in [1.54, 1.807) is 21.0 Å². The van der Waals surface area contributed by atoms with Gasteiger partial charge >= 0.3 is 5.97 Å². The molecule has 0 radical (unpaired) electrons. The molecule has 18 heavy (non-hydrogen) atoms. The van der Waals surface area contributed by atoms with Crippen LogP contribution in [-0.2, 0) is 23.8 Å². The maximum absolute atomic E-state index is 11.2. The lowest BCUT2D eigenvalue weighted by Gasteiger charge is -2.08. The predicted molar refractivity (Wildman–Crippen MR) is 66.1 cm³/mol. The summed E-state index contributed by atoms with van der Waals surface area (Å²) in [6, 6.07) is 0. The number of carbonyl (C=O) groups excluding carboxylic acids is 2. The maximum Gasteiger partial charge on any atom is 0.308 e. The minimum Gasteiger partial charge on any atom is -0.463 e. The summed E-state index contributed by atoms with van der Waals surface area (Å²) in [5, 5.41) is 2.68. The van der Waals surface area contributed by atoms with Gasteiger partial charge < -0.3 is 19.5 Å². The zero-order valence-corrected chi connectivity index (χ0v) is 11.4. The Morgan fingerprint density at radius 2 is 1.83 bits per heavy atom. The van der Waals surface area contributed by atoms with E-state index in [9.17, 15) is 9.59 Å². The molecule has 106 valence electrons. The lowest BCUT2D eigenvalue weighted by molar-refractivity contribution is -0.149. The smallest absolute Gasteiger partial charge is 0.308 e. The molecule has 6 nitrogen and oxygen atoms in total. The fraction of sp³-hybridized carbons (Fsp3) is 0.833. The van der Waals surface area contributed by atoms with Gasteiger partial charge in [0.25, 0.3) is 0 Å². The van der Waals surface area contributed by atoms with Crippen molar-refractivity contribution in [2.24, 2.45) is 5.92 Å². The van der Waals surface area contributed by atoms with E-state index >= 15 is 0 Å². The molecule has 1 amide bonds. The molecule has 0 unspecified atom stereocenters. The Balaban J connectivity index is 3.29. The number of esters is 1. The Morgan fingerprint density at radius 3 is 2.44 bits per heavy atom. The van der Waals surface area contributed by atoms with E-state index in [1.807, 2.05) is 0 Å². The molecule has 0 aliphatic heterocycles. The highest BCUT2D eigenvalue weighted by Gasteiger charge is 2.07. The van der Waals surface area contributed by atoms with Gasteiger partial charge in [-0.3, -0.25) is 9.59 Å². The first kappa shape index (κ1) is 16.9. The van der Waals surface area contributed by atoms with E-state index in [1.165, 1.54) is 0 Å². The standard InChI is InChI=1S/C12H23NO5/c1-10(2)12(15)18-9-8-17-6-4-11(14)13-5-7-16-3/h10H,4-9H2,1-3H3,(H,13,14). The summed E-state index contributed by atoms with van der Waals surface area (Å²) in [7, 11) is 1.58. The molecule has 0 rings (SSSR count). The molecule has 0 aromatic rings. The van der Waals surface area contributed by atoms with Crippen molar-refractivity contribution in [1.29, 1.82) is 0 Å². The highest BCUT2D eigenvalue weighted by molar-refractivity contribution is 5.75. The number of rotatable bonds is 10. The van der Waals surface area contributed by atoms with Gasteiger partial charge in [-0.05, 0) is 0 Å². The van der Waals surface area contributed by atoms with Crippen molar-refractivity contribution >= 4 is 11.9 Å². The lowest BCUT2D eigenvalue weighted by atomic mass is 10.2. The number of amides is 1. The topological polar surface area (TPSA) is 73.9 Å². The summed E-state index contributed by atoms with van der Waals surface area (Å²) >= 11 is 0. The highest BCUT2D eigenvalue weighted by atomic mass is 16.6. The van der Waals surface area contributed by atoms with E-state index in [-0.39, 0.29) is 24.4 Å². The van der Waals surface area contributed by atoms with Crippen molar-refractivity contribution in [2.75, 3.05) is 40.1 Å². The number of methoxy groups -OCH3 is 1. The highest BCUT2D eigenvalue weighted by Crippen LogP contribution is 1.95. The molecule has 0 aliphatic rings. The molecule has 1 N–H and O–H groups in total. The van der Waals surface area contributed by atoms with Crippen LogP contribution in [0.3, 0.4) is 0 Å². The van der Waals surface area contributed by atoms with Crippen molar-refractivity contribution in [3.63, 3.8) is 0 Å². The molecule has 0 bridgehead atoms. The fourth-order valence-corrected chi connectivity index (χ4v) is 1.02. The van der Waals surface area contributed by atoms with Crippen molar-refractivity contribution in [3.05, 3.63) is 0 Å². The van der Waals surface area contributed by atoms with Crippen LogP contribution in [0.25, 0.3) is 0 Å². The van der Waals surface area contributed by atoms with Gasteiger partial charge in [0.05, 0.1) is 25.7 Å². The number of nitrogens with one attached hydrogen (secondary N) is 1. The Morgan fingerprint density at radius 1 is 1.11 bits per heavy atom. The van der Waals surface area contributed by atoms with Gasteiger partial charge in [-0.1, -0.05) is 13.8 Å². The average molecular weight is 261 g/mol. The van der Waals surface area contributed by atoms with Gasteiger partial charge in [-0.2, -0.15) is 0 Å². The predicted octanol–water partition coefficient (Wildman–Crippen LogP) is 0.355. The van der Waals surface area contributed by atoms with E-state index in [0.29, 0.717) is 32.8 Å². The first-order valence-electron chi connectivity index (χ1n) is 6.08. The molecule has 0 spiro atoms. The Labute approximate surface area is 108 Å². The molecule has 0 atom stereocenters. The molecule has 0 fully saturated rings. The van der Waals surface area contributed by atoms with E-state index in [2.05, 4.69) is 5.32 Å². The lowest BCUT2D eigenvalue weighted by Crippen LogP contribution is -2.27. The van der Waals surface area contributed by atoms with Gasteiger partial charge in [0, 0.05) is 20.1 Å². The van der Waals surface area contributed by atoms with Crippen LogP contribution in [0, 0.1) is 5.92 Å². The van der Waals surface area contributed by atoms with Crippen molar-refractivity contribution in [1.82, 2.24) is 5.32 Å². The molecule has 0 saturated heterocycles. The van der Waals surface area contributed by atoms with Crippen LogP contribution in [-0.4, -0.2) is 52.0 Å². The maximum atomic E-state index is 11.2. The Kier molecular flexibility index (Phi) is 10.3. The molecular weight excluding hydrogens is 238 g/mol. The van der Waals surface area contributed by atoms with Crippen LogP contribution in [0.2, 0.25) is 0 Å². The monoisotopic (exact) mass is 261 g/mol. The SMILES string of the molecule is COCCNC(=O)CCOCCOC(=O)C(C)C. The summed E-state index contributed by atoms with van der Waals surface area (Å²) in [6.45, 7) is 5.39. The van der Waals surface area contributed by atoms with Crippen LogP contribution >= 0.6 is 0 Å². The molecule has 0 aromatic carbocycles. The van der Waals surface area contributed by atoms with Crippen LogP contribution in [0.5, 0.6) is 0 Å². The summed E-state index contributed by atoms with van der Waals surface area (Å²) in [5.74, 6) is -0.446. The molecule has 0 aliphatic carbocycles. The Hall–Kier alpha value is -1.14. The van der Waals surface area contributed by atoms with Crippen molar-refractivity contribution < 1.29 is 23.8 Å². The summed E-state index contributed by atoms with van der Waals surface area (Å²) in [6.07, 6.45) is 0.293. The summed E-state index contributed by atoms with van der Waals surface area (Å²) < 4.78 is 14.9. The second kappa shape index (κ2) is 11.0. The second-order valence-corrected chi connectivity index (χ2v) is 4.03. The van der Waals surface area contributed by atoms with Crippen LogP contribution in [0.15, 0.2) is 0 Å². The van der Waals surface area contributed by atoms with Gasteiger partial charge in [0.2, 0.25) is 5.91 Å². The third-order valence-corrected chi connectivity index (χ3v) is 2.05. The minimum absolute atomic E-state index is 0.0776. The van der Waals surface area contributed by atoms with Crippen LogP contribution in [0.4, 0.5) is 0 Å². The third-order valence-electron chi connectivity index (χ3n) is 2.05. The summed E-state index contributed by atoms with van der Waals surface area (Å²) in [4.78, 5) is 22.3. The number of carbonyl (C=O) groups is 2. The third kappa shape index (κ3) is 10.0. The van der Waals surface area contributed by atoms with Crippen molar-refractivity contribution in [3.8, 4) is 0 Å². The zero-order valence-electron chi connectivity index (χ0n) is 11.4. The van der Waals surface area contributed by atoms with Gasteiger partial charge in [0.1, 0.15) is 6.61 Å². The summed E-state index contributed by atoms with van der Waals surface area (Å²) in [5.41, 5.74) is 0. The normalized spacial score (nSPS) is 10.4. The molecule has 6 heteroatoms. The first-order chi connectivity index (χ1) is 8.57. The Bertz CT molecular complexity index is 243. The first-order valence-corrected chi connectivity index (χ1v) is 6.08. The minimum atomic E-state index is -0.240. The van der Waals surface area contributed by atoms with Crippen LogP contribution < -0.4 is 5.32 Å².